The number of aliphatic carboxylic acids is 1. The molecule has 0 aliphatic carbocycles. The van der Waals surface area contributed by atoms with E-state index in [-0.39, 0.29) is 49.0 Å². The maximum Gasteiger partial charge on any atom is 0.410 e. The number of carboxylic acids is 1. The first kappa shape index (κ1) is 51.3. The number of amides is 5. The molecule has 2 aromatic rings. The van der Waals surface area contributed by atoms with Crippen LogP contribution in [0, 0.1) is 23.7 Å². The van der Waals surface area contributed by atoms with E-state index in [4.69, 9.17) is 14.2 Å². The van der Waals surface area contributed by atoms with Crippen molar-refractivity contribution in [2.75, 3.05) is 34.9 Å². The van der Waals surface area contributed by atoms with Crippen LogP contribution in [0.15, 0.2) is 60.7 Å². The molecule has 0 aromatic heterocycles. The summed E-state index contributed by atoms with van der Waals surface area (Å²) in [6.07, 6.45) is -0.179. The van der Waals surface area contributed by atoms with Crippen molar-refractivity contribution in [2.24, 2.45) is 23.7 Å². The molecule has 2 unspecified atom stereocenters. The van der Waals surface area contributed by atoms with E-state index in [0.29, 0.717) is 25.8 Å². The molecule has 1 heterocycles. The second-order valence-electron chi connectivity index (χ2n) is 17.2. The zero-order chi connectivity index (χ0) is 46.3. The quantitative estimate of drug-likeness (QED) is 0.135. The van der Waals surface area contributed by atoms with Gasteiger partial charge in [0.25, 0.3) is 0 Å². The highest BCUT2D eigenvalue weighted by Gasteiger charge is 2.44. The van der Waals surface area contributed by atoms with Crippen LogP contribution < -0.4 is 10.6 Å². The van der Waals surface area contributed by atoms with Gasteiger partial charge in [0.15, 0.2) is 0 Å². The molecule has 0 bridgehead atoms. The lowest BCUT2D eigenvalue weighted by molar-refractivity contribution is -0.148. The summed E-state index contributed by atoms with van der Waals surface area (Å²) in [7, 11) is 6.15. The van der Waals surface area contributed by atoms with Crippen LogP contribution in [0.4, 0.5) is 4.79 Å². The molecule has 9 atom stereocenters. The van der Waals surface area contributed by atoms with Gasteiger partial charge in [-0.25, -0.2) is 9.59 Å². The van der Waals surface area contributed by atoms with E-state index in [1.54, 1.807) is 35.9 Å². The van der Waals surface area contributed by atoms with Gasteiger partial charge in [-0.15, -0.1) is 0 Å². The van der Waals surface area contributed by atoms with Gasteiger partial charge in [-0.05, 0) is 41.7 Å². The van der Waals surface area contributed by atoms with Gasteiger partial charge in [0.2, 0.25) is 23.6 Å². The number of rotatable bonds is 23. The van der Waals surface area contributed by atoms with Gasteiger partial charge in [0.1, 0.15) is 24.7 Å². The first-order chi connectivity index (χ1) is 29.4. The van der Waals surface area contributed by atoms with E-state index in [1.807, 2.05) is 90.1 Å². The fourth-order valence-electron chi connectivity index (χ4n) is 8.49. The molecule has 2 aromatic carbocycles. The molecular weight excluding hydrogens is 795 g/mol. The molecule has 0 saturated carbocycles. The van der Waals surface area contributed by atoms with Gasteiger partial charge in [0, 0.05) is 41.3 Å². The molecule has 5 amide bonds. The van der Waals surface area contributed by atoms with Gasteiger partial charge in [0.05, 0.1) is 36.6 Å². The average molecular weight is 866 g/mol. The number of benzene rings is 2. The number of carboxylic acid groups (broad SMARTS) is 1. The van der Waals surface area contributed by atoms with Crippen LogP contribution in [-0.4, -0.2) is 133 Å². The van der Waals surface area contributed by atoms with Crippen LogP contribution in [0.25, 0.3) is 0 Å². The molecule has 1 fully saturated rings. The van der Waals surface area contributed by atoms with Crippen LogP contribution in [0.2, 0.25) is 0 Å². The van der Waals surface area contributed by atoms with Gasteiger partial charge < -0.3 is 39.8 Å². The first-order valence-electron chi connectivity index (χ1n) is 21.8. The Morgan fingerprint density at radius 1 is 0.806 bits per heavy atom. The summed E-state index contributed by atoms with van der Waals surface area (Å²) in [4.78, 5) is 86.2. The molecule has 1 aliphatic heterocycles. The Bertz CT molecular complexity index is 1760. The van der Waals surface area contributed by atoms with Crippen LogP contribution in [0.3, 0.4) is 0 Å². The number of carbonyl (C=O) groups is 6. The topological polar surface area (TPSA) is 184 Å². The third-order valence-electron chi connectivity index (χ3n) is 12.2. The summed E-state index contributed by atoms with van der Waals surface area (Å²) in [6, 6.07) is 14.2. The number of hydrogen-bond donors (Lipinski definition) is 3. The lowest BCUT2D eigenvalue weighted by atomic mass is 9.89. The fourth-order valence-corrected chi connectivity index (χ4v) is 8.49. The van der Waals surface area contributed by atoms with Crippen molar-refractivity contribution in [1.29, 1.82) is 0 Å². The summed E-state index contributed by atoms with van der Waals surface area (Å²) >= 11 is 0. The number of ether oxygens (including phenoxy) is 3. The van der Waals surface area contributed by atoms with Gasteiger partial charge >= 0.3 is 12.1 Å². The number of nitrogens with zero attached hydrogens (tertiary/aromatic N) is 3. The monoisotopic (exact) mass is 866 g/mol. The smallest absolute Gasteiger partial charge is 0.410 e. The molecular formula is C47H71N5O10. The highest BCUT2D eigenvalue weighted by Crippen LogP contribution is 2.30. The van der Waals surface area contributed by atoms with E-state index < -0.39 is 72.2 Å². The molecule has 62 heavy (non-hydrogen) atoms. The number of nitrogens with one attached hydrogen (secondary N) is 2. The average Bonchev–Trinajstić information content (AvgIpc) is 3.74. The summed E-state index contributed by atoms with van der Waals surface area (Å²) < 4.78 is 17.4. The van der Waals surface area contributed by atoms with Crippen LogP contribution in [0.5, 0.6) is 0 Å². The number of likely N-dealkylation sites (N-methyl/N-ethyl adjacent to an activating group) is 2. The van der Waals surface area contributed by atoms with Gasteiger partial charge in [-0.1, -0.05) is 116 Å². The fraction of sp³-hybridized carbons (Fsp3) is 0.617. The van der Waals surface area contributed by atoms with Crippen molar-refractivity contribution >= 4 is 35.7 Å². The minimum absolute atomic E-state index is 0.0424. The van der Waals surface area contributed by atoms with E-state index in [0.717, 1.165) is 11.1 Å². The SMILES string of the molecule is CCC(C)[C@@H]([C@@H](CC(=O)N1CCC[C@H]1[C@H](OC)[C@@H](C)C(=O)NC(Cc1ccccc1)C(=O)O)OC)N(C)C(=O)[C@@H](NC(=O)[C@H](C(C)C)N(C)C(=O)OCc1ccccc1)C(C)C. The van der Waals surface area contributed by atoms with E-state index in [2.05, 4.69) is 10.6 Å². The molecule has 3 N–H and O–H groups in total. The normalized spacial score (nSPS) is 17.8. The summed E-state index contributed by atoms with van der Waals surface area (Å²) in [5, 5.41) is 15.5. The summed E-state index contributed by atoms with van der Waals surface area (Å²) in [5.74, 6) is -4.30. The molecule has 344 valence electrons. The minimum Gasteiger partial charge on any atom is -0.480 e. The van der Waals surface area contributed by atoms with E-state index in [9.17, 15) is 33.9 Å². The molecule has 1 aliphatic rings. The molecule has 0 spiro atoms. The highest BCUT2D eigenvalue weighted by atomic mass is 16.6. The molecule has 3 rings (SSSR count). The van der Waals surface area contributed by atoms with E-state index >= 15 is 0 Å². The lowest BCUT2D eigenvalue weighted by Gasteiger charge is -2.41. The van der Waals surface area contributed by atoms with Crippen molar-refractivity contribution in [3.05, 3.63) is 71.8 Å². The summed E-state index contributed by atoms with van der Waals surface area (Å²) in [6.45, 7) is 13.4. The predicted octanol–water partition coefficient (Wildman–Crippen LogP) is 5.15. The third kappa shape index (κ3) is 13.7. The zero-order valence-electron chi connectivity index (χ0n) is 38.5. The predicted molar refractivity (Wildman–Crippen MR) is 236 cm³/mol. The van der Waals surface area contributed by atoms with Gasteiger partial charge in [-0.3, -0.25) is 24.1 Å². The Kier molecular flexibility index (Phi) is 20.3. The maximum absolute atomic E-state index is 14.5. The zero-order valence-corrected chi connectivity index (χ0v) is 38.5. The van der Waals surface area contributed by atoms with Crippen LogP contribution in [0.1, 0.15) is 85.3 Å². The molecule has 1 saturated heterocycles. The number of carbonyl (C=O) groups excluding carboxylic acids is 5. The Balaban J connectivity index is 1.77. The number of hydrogen-bond acceptors (Lipinski definition) is 9. The molecule has 0 radical (unpaired) electrons. The second-order valence-corrected chi connectivity index (χ2v) is 17.2. The lowest BCUT2D eigenvalue weighted by Crippen LogP contribution is -2.60. The molecule has 15 nitrogen and oxygen atoms in total. The highest BCUT2D eigenvalue weighted by molar-refractivity contribution is 5.92. The van der Waals surface area contributed by atoms with Crippen molar-refractivity contribution in [3.8, 4) is 0 Å². The van der Waals surface area contributed by atoms with Crippen molar-refractivity contribution < 1.29 is 48.1 Å². The van der Waals surface area contributed by atoms with Gasteiger partial charge in [-0.2, -0.15) is 0 Å². The van der Waals surface area contributed by atoms with Crippen molar-refractivity contribution in [2.45, 2.75) is 130 Å². The standard InChI is InChI=1S/C47H71N5O10/c1-12-31(6)41(50(8)45(56)39(29(2)3)49-44(55)40(30(4)5)51(9)47(59)62-28-34-22-17-14-18-23-34)37(60-10)27-38(53)52-25-19-24-36(52)42(61-11)32(7)43(54)48-35(46(57)58)26-33-20-15-13-16-21-33/h13-18,20-23,29-32,35-37,39-42H,12,19,24-28H2,1-11H3,(H,48,54)(H,49,55)(H,57,58)/t31?,32-,35?,36+,37-,39+,40+,41+,42-/m1/s1. The van der Waals surface area contributed by atoms with Crippen molar-refractivity contribution in [1.82, 2.24) is 25.3 Å². The van der Waals surface area contributed by atoms with E-state index in [1.165, 1.54) is 26.2 Å². The second kappa shape index (κ2) is 24.6. The first-order valence-corrected chi connectivity index (χ1v) is 21.8. The van der Waals surface area contributed by atoms with Crippen LogP contribution >= 0.6 is 0 Å². The Morgan fingerprint density at radius 3 is 1.92 bits per heavy atom. The Labute approximate surface area is 368 Å². The molecule has 15 heteroatoms. The largest absolute Gasteiger partial charge is 0.480 e. The van der Waals surface area contributed by atoms with Crippen molar-refractivity contribution in [3.63, 3.8) is 0 Å². The number of likely N-dealkylation sites (tertiary alicyclic amines) is 1. The third-order valence-corrected chi connectivity index (χ3v) is 12.2. The number of methoxy groups -OCH3 is 2. The summed E-state index contributed by atoms with van der Waals surface area (Å²) in [5.41, 5.74) is 1.58. The van der Waals surface area contributed by atoms with Crippen LogP contribution in [-0.2, 0) is 51.2 Å². The Hall–Kier alpha value is -5.02. The Morgan fingerprint density at radius 2 is 1.40 bits per heavy atom. The minimum atomic E-state index is -1.16. The maximum atomic E-state index is 14.5.